The molecule has 2 aromatic rings. The van der Waals surface area contributed by atoms with Gasteiger partial charge in [-0.25, -0.2) is 0 Å². The van der Waals surface area contributed by atoms with E-state index in [0.717, 1.165) is 78.7 Å². The Labute approximate surface area is 235 Å². The second-order valence-electron chi connectivity index (χ2n) is 10.4. The van der Waals surface area contributed by atoms with Gasteiger partial charge in [0.2, 0.25) is 5.91 Å². The highest BCUT2D eigenvalue weighted by atomic mass is 79.9. The van der Waals surface area contributed by atoms with E-state index in [1.807, 2.05) is 12.3 Å². The number of carbonyl (C=O) groups is 1. The van der Waals surface area contributed by atoms with Crippen molar-refractivity contribution in [2.75, 3.05) is 26.2 Å². The van der Waals surface area contributed by atoms with E-state index in [-0.39, 0.29) is 5.92 Å². The van der Waals surface area contributed by atoms with Gasteiger partial charge in [0, 0.05) is 53.7 Å². The molecule has 2 aliphatic heterocycles. The SMILES string of the molecule is C=C(N)N1CCC(CC(=O)N2CCC(C3c4ccc(Cl)c(Br)c4CCc4cc(Br)cnc43)CC2)CC1. The van der Waals surface area contributed by atoms with E-state index in [9.17, 15) is 4.79 Å². The molecule has 5 nitrogen and oxygen atoms in total. The van der Waals surface area contributed by atoms with Crippen LogP contribution < -0.4 is 5.73 Å². The number of piperidine rings is 2. The monoisotopic (exact) mass is 634 g/mol. The van der Waals surface area contributed by atoms with Gasteiger partial charge >= 0.3 is 0 Å². The number of hydrogen-bond donors (Lipinski definition) is 1. The molecule has 192 valence electrons. The van der Waals surface area contributed by atoms with Crippen molar-refractivity contribution in [1.82, 2.24) is 14.8 Å². The zero-order chi connectivity index (χ0) is 25.4. The van der Waals surface area contributed by atoms with Crippen molar-refractivity contribution in [3.8, 4) is 0 Å². The summed E-state index contributed by atoms with van der Waals surface area (Å²) in [4.78, 5) is 22.3. The van der Waals surface area contributed by atoms with Gasteiger partial charge in [0.05, 0.1) is 16.5 Å². The maximum Gasteiger partial charge on any atom is 0.222 e. The van der Waals surface area contributed by atoms with Gasteiger partial charge in [-0.05, 0) is 111 Å². The number of halogens is 3. The molecule has 0 saturated carbocycles. The van der Waals surface area contributed by atoms with Crippen molar-refractivity contribution in [2.24, 2.45) is 17.6 Å². The quantitative estimate of drug-likeness (QED) is 0.431. The number of hydrogen-bond acceptors (Lipinski definition) is 4. The van der Waals surface area contributed by atoms with E-state index in [4.69, 9.17) is 22.3 Å². The van der Waals surface area contributed by atoms with Crippen LogP contribution >= 0.6 is 43.5 Å². The number of amides is 1. The van der Waals surface area contributed by atoms with Crippen LogP contribution in [-0.2, 0) is 17.6 Å². The maximum absolute atomic E-state index is 13.2. The van der Waals surface area contributed by atoms with E-state index < -0.39 is 0 Å². The molecule has 3 heterocycles. The first-order valence-corrected chi connectivity index (χ1v) is 14.9. The Balaban J connectivity index is 1.30. The van der Waals surface area contributed by atoms with Crippen molar-refractivity contribution in [3.05, 3.63) is 73.1 Å². The summed E-state index contributed by atoms with van der Waals surface area (Å²) in [5, 5.41) is 0.759. The molecule has 1 amide bonds. The predicted octanol–water partition coefficient (Wildman–Crippen LogP) is 6.26. The Bertz CT molecular complexity index is 1160. The molecule has 3 aliphatic rings. The van der Waals surface area contributed by atoms with Crippen molar-refractivity contribution >= 4 is 49.4 Å². The summed E-state index contributed by atoms with van der Waals surface area (Å²) in [6, 6.07) is 6.43. The zero-order valence-electron chi connectivity index (χ0n) is 20.5. The largest absolute Gasteiger partial charge is 0.386 e. The average Bonchev–Trinajstić information content (AvgIpc) is 3.03. The van der Waals surface area contributed by atoms with Crippen molar-refractivity contribution in [3.63, 3.8) is 0 Å². The van der Waals surface area contributed by atoms with Crippen molar-refractivity contribution in [2.45, 2.75) is 50.9 Å². The minimum absolute atomic E-state index is 0.213. The van der Waals surface area contributed by atoms with Crippen LogP contribution in [0.4, 0.5) is 0 Å². The number of aryl methyl sites for hydroxylation is 1. The minimum atomic E-state index is 0.213. The maximum atomic E-state index is 13.2. The summed E-state index contributed by atoms with van der Waals surface area (Å²) >= 11 is 13.9. The van der Waals surface area contributed by atoms with Crippen LogP contribution in [0.3, 0.4) is 0 Å². The van der Waals surface area contributed by atoms with Gasteiger partial charge in [-0.2, -0.15) is 0 Å². The van der Waals surface area contributed by atoms with Crippen molar-refractivity contribution in [1.29, 1.82) is 0 Å². The first-order valence-electron chi connectivity index (χ1n) is 12.9. The molecule has 0 radical (unpaired) electrons. The highest BCUT2D eigenvalue weighted by Gasteiger charge is 2.36. The third-order valence-electron chi connectivity index (χ3n) is 8.32. The number of carbonyl (C=O) groups excluding carboxylic acids is 1. The number of rotatable bonds is 4. The fourth-order valence-corrected chi connectivity index (χ4v) is 7.41. The third kappa shape index (κ3) is 5.34. The van der Waals surface area contributed by atoms with Gasteiger partial charge in [0.1, 0.15) is 0 Å². The van der Waals surface area contributed by atoms with Crippen LogP contribution in [0.25, 0.3) is 0 Å². The Morgan fingerprint density at radius 3 is 2.47 bits per heavy atom. The van der Waals surface area contributed by atoms with Gasteiger partial charge in [0.25, 0.3) is 0 Å². The molecular formula is C28H33Br2ClN4O. The van der Waals surface area contributed by atoms with Gasteiger partial charge < -0.3 is 15.5 Å². The summed E-state index contributed by atoms with van der Waals surface area (Å²) in [5.74, 6) is 2.03. The average molecular weight is 637 g/mol. The van der Waals surface area contributed by atoms with Gasteiger partial charge in [-0.3, -0.25) is 9.78 Å². The summed E-state index contributed by atoms with van der Waals surface area (Å²) in [7, 11) is 0. The Hall–Kier alpha value is -1.57. The van der Waals surface area contributed by atoms with E-state index in [1.54, 1.807) is 0 Å². The number of nitrogens with two attached hydrogens (primary N) is 1. The van der Waals surface area contributed by atoms with Crippen LogP contribution in [0.1, 0.15) is 60.4 Å². The van der Waals surface area contributed by atoms with Crippen LogP contribution in [0.2, 0.25) is 5.02 Å². The van der Waals surface area contributed by atoms with Crippen LogP contribution in [0.15, 0.2) is 45.7 Å². The van der Waals surface area contributed by atoms with E-state index >= 15 is 0 Å². The molecule has 5 rings (SSSR count). The molecule has 1 aromatic carbocycles. The van der Waals surface area contributed by atoms with Crippen LogP contribution in [0.5, 0.6) is 0 Å². The molecule has 2 saturated heterocycles. The lowest BCUT2D eigenvalue weighted by atomic mass is 9.76. The first-order chi connectivity index (χ1) is 17.3. The van der Waals surface area contributed by atoms with Crippen LogP contribution in [-0.4, -0.2) is 46.9 Å². The highest BCUT2D eigenvalue weighted by molar-refractivity contribution is 9.10. The summed E-state index contributed by atoms with van der Waals surface area (Å²) < 4.78 is 2.03. The minimum Gasteiger partial charge on any atom is -0.386 e. The molecule has 0 bridgehead atoms. The number of aromatic nitrogens is 1. The molecule has 36 heavy (non-hydrogen) atoms. The highest BCUT2D eigenvalue weighted by Crippen LogP contribution is 2.45. The molecule has 2 fully saturated rings. The zero-order valence-corrected chi connectivity index (χ0v) is 24.4. The topological polar surface area (TPSA) is 62.5 Å². The lowest BCUT2D eigenvalue weighted by Gasteiger charge is -2.38. The number of fused-ring (bicyclic) bond motifs is 2. The molecule has 2 N–H and O–H groups in total. The fraction of sp³-hybridized carbons (Fsp3) is 0.500. The number of pyridine rings is 1. The first kappa shape index (κ1) is 26.1. The smallest absolute Gasteiger partial charge is 0.222 e. The Kier molecular flexibility index (Phi) is 7.99. The Morgan fingerprint density at radius 1 is 1.08 bits per heavy atom. The summed E-state index contributed by atoms with van der Waals surface area (Å²) in [6.45, 7) is 7.27. The molecule has 0 spiro atoms. The number of likely N-dealkylation sites (tertiary alicyclic amines) is 2. The molecule has 1 atom stereocenters. The van der Waals surface area contributed by atoms with Gasteiger partial charge in [-0.1, -0.05) is 24.2 Å². The molecule has 1 unspecified atom stereocenters. The molecular weight excluding hydrogens is 604 g/mol. The second-order valence-corrected chi connectivity index (χ2v) is 12.6. The lowest BCUT2D eigenvalue weighted by molar-refractivity contribution is -0.134. The number of benzene rings is 1. The number of nitrogens with zero attached hydrogens (tertiary/aromatic N) is 3. The van der Waals surface area contributed by atoms with E-state index in [1.165, 1.54) is 22.4 Å². The van der Waals surface area contributed by atoms with E-state index in [2.05, 4.69) is 60.4 Å². The normalized spacial score (nSPS) is 21.0. The van der Waals surface area contributed by atoms with E-state index in [0.29, 0.717) is 30.0 Å². The molecule has 1 aliphatic carbocycles. The lowest BCUT2D eigenvalue weighted by Crippen LogP contribution is -2.42. The van der Waals surface area contributed by atoms with Gasteiger partial charge in [-0.15, -0.1) is 0 Å². The van der Waals surface area contributed by atoms with Crippen LogP contribution in [0, 0.1) is 11.8 Å². The second kappa shape index (κ2) is 11.0. The fourth-order valence-electron chi connectivity index (χ4n) is 6.29. The molecule has 1 aromatic heterocycles. The Morgan fingerprint density at radius 2 is 1.78 bits per heavy atom. The third-order valence-corrected chi connectivity index (χ3v) is 10.2. The standard InChI is InChI=1S/C28H33Br2ClN4O/c1-17(32)34-10-6-18(7-11-34)14-25(36)35-12-8-19(9-13-35)26-22-4-5-24(31)27(30)23(22)3-2-20-15-21(29)16-33-28(20)26/h4-5,15-16,18-19,26H,1-3,6-14,32H2. The van der Waals surface area contributed by atoms with Crippen molar-refractivity contribution < 1.29 is 4.79 Å². The summed E-state index contributed by atoms with van der Waals surface area (Å²) in [6.07, 6.45) is 8.43. The molecule has 8 heteroatoms. The predicted molar refractivity (Wildman–Crippen MR) is 152 cm³/mol. The van der Waals surface area contributed by atoms with Gasteiger partial charge in [0.15, 0.2) is 0 Å². The summed E-state index contributed by atoms with van der Waals surface area (Å²) in [5.41, 5.74) is 11.0.